The zero-order valence-electron chi connectivity index (χ0n) is 8.81. The van der Waals surface area contributed by atoms with Gasteiger partial charge >= 0.3 is 5.97 Å². The molecule has 1 N–H and O–H groups in total. The van der Waals surface area contributed by atoms with Gasteiger partial charge in [0.05, 0.1) is 5.56 Å². The lowest BCUT2D eigenvalue weighted by atomic mass is 10.1. The van der Waals surface area contributed by atoms with Gasteiger partial charge in [-0.05, 0) is 19.3 Å². The largest absolute Gasteiger partial charge is 0.478 e. The minimum Gasteiger partial charge on any atom is -0.478 e. The van der Waals surface area contributed by atoms with Crippen molar-refractivity contribution in [2.24, 2.45) is 0 Å². The lowest BCUT2D eigenvalue weighted by Crippen LogP contribution is -2.35. The molecule has 5 heteroatoms. The Kier molecular flexibility index (Phi) is 2.94. The average molecular weight is 223 g/mol. The van der Waals surface area contributed by atoms with Crippen LogP contribution in [-0.4, -0.2) is 35.0 Å². The third-order valence-corrected chi connectivity index (χ3v) is 2.70. The van der Waals surface area contributed by atoms with Gasteiger partial charge in [-0.1, -0.05) is 0 Å². The molecule has 0 atom stereocenters. The number of rotatable bonds is 2. The highest BCUT2D eigenvalue weighted by Gasteiger charge is 2.22. The average Bonchev–Trinajstić information content (AvgIpc) is 2.78. The van der Waals surface area contributed by atoms with E-state index in [9.17, 15) is 9.59 Å². The van der Waals surface area contributed by atoms with Crippen molar-refractivity contribution in [1.29, 1.82) is 0 Å². The Hall–Kier alpha value is -1.78. The maximum Gasteiger partial charge on any atom is 0.338 e. The van der Waals surface area contributed by atoms with E-state index in [1.165, 1.54) is 6.07 Å². The van der Waals surface area contributed by atoms with Crippen LogP contribution in [0.5, 0.6) is 0 Å². The first kappa shape index (κ1) is 10.7. The molecule has 0 saturated carbocycles. The first-order chi connectivity index (χ1) is 7.68. The van der Waals surface area contributed by atoms with Gasteiger partial charge in [-0.15, -0.1) is 0 Å². The molecule has 0 aliphatic carbocycles. The second-order valence-corrected chi connectivity index (χ2v) is 3.86. The number of likely N-dealkylation sites (tertiary alicyclic amines) is 1. The monoisotopic (exact) mass is 223 g/mol. The Bertz CT molecular complexity index is 404. The van der Waals surface area contributed by atoms with Crippen LogP contribution in [0.4, 0.5) is 0 Å². The van der Waals surface area contributed by atoms with Gasteiger partial charge < -0.3 is 14.4 Å². The Morgan fingerprint density at radius 2 is 1.94 bits per heavy atom. The number of amides is 1. The number of hydrogen-bond acceptors (Lipinski definition) is 3. The highest BCUT2D eigenvalue weighted by Crippen LogP contribution is 2.15. The molecule has 1 aliphatic heterocycles. The van der Waals surface area contributed by atoms with Crippen LogP contribution < -0.4 is 0 Å². The summed E-state index contributed by atoms with van der Waals surface area (Å²) >= 11 is 0. The van der Waals surface area contributed by atoms with Gasteiger partial charge in [-0.3, -0.25) is 4.79 Å². The predicted molar refractivity (Wildman–Crippen MR) is 55.4 cm³/mol. The number of aromatic carboxylic acids is 1. The van der Waals surface area contributed by atoms with Gasteiger partial charge in [-0.2, -0.15) is 0 Å². The SMILES string of the molecule is O=C(O)c1coc(C(=O)N2CCCCC2)c1. The van der Waals surface area contributed by atoms with Crippen LogP contribution in [0.3, 0.4) is 0 Å². The van der Waals surface area contributed by atoms with Crippen molar-refractivity contribution in [2.45, 2.75) is 19.3 Å². The number of piperidine rings is 1. The van der Waals surface area contributed by atoms with Crippen molar-refractivity contribution < 1.29 is 19.1 Å². The zero-order valence-corrected chi connectivity index (χ0v) is 8.81. The molecule has 86 valence electrons. The van der Waals surface area contributed by atoms with E-state index >= 15 is 0 Å². The van der Waals surface area contributed by atoms with E-state index in [4.69, 9.17) is 9.52 Å². The van der Waals surface area contributed by atoms with E-state index in [1.54, 1.807) is 4.90 Å². The summed E-state index contributed by atoms with van der Waals surface area (Å²) < 4.78 is 4.97. The normalized spacial score (nSPS) is 16.1. The molecule has 0 unspecified atom stereocenters. The number of carbonyl (C=O) groups excluding carboxylic acids is 1. The maximum absolute atomic E-state index is 11.9. The number of carboxylic acids is 1. The summed E-state index contributed by atoms with van der Waals surface area (Å²) in [6.07, 6.45) is 4.23. The molecule has 0 spiro atoms. The molecular weight excluding hydrogens is 210 g/mol. The number of furan rings is 1. The van der Waals surface area contributed by atoms with E-state index in [2.05, 4.69) is 0 Å². The van der Waals surface area contributed by atoms with Crippen LogP contribution in [0, 0.1) is 0 Å². The number of carbonyl (C=O) groups is 2. The fourth-order valence-corrected chi connectivity index (χ4v) is 1.81. The molecule has 1 fully saturated rings. The van der Waals surface area contributed by atoms with Gasteiger partial charge in [0.2, 0.25) is 0 Å². The third kappa shape index (κ3) is 2.08. The van der Waals surface area contributed by atoms with Gasteiger partial charge in [-0.25, -0.2) is 4.79 Å². The first-order valence-corrected chi connectivity index (χ1v) is 5.29. The third-order valence-electron chi connectivity index (χ3n) is 2.70. The van der Waals surface area contributed by atoms with Crippen LogP contribution in [0.25, 0.3) is 0 Å². The Morgan fingerprint density at radius 3 is 2.50 bits per heavy atom. The summed E-state index contributed by atoms with van der Waals surface area (Å²) in [5, 5.41) is 8.71. The Balaban J connectivity index is 2.10. The molecular formula is C11H13NO4. The van der Waals surface area contributed by atoms with Crippen LogP contribution >= 0.6 is 0 Å². The predicted octanol–water partition coefficient (Wildman–Crippen LogP) is 1.60. The standard InChI is InChI=1S/C11H13NO4/c13-10(12-4-2-1-3-5-12)9-6-8(7-16-9)11(14)15/h6-7H,1-5H2,(H,14,15). The minimum absolute atomic E-state index is 0.0142. The summed E-state index contributed by atoms with van der Waals surface area (Å²) in [5.41, 5.74) is 0.0142. The molecule has 0 bridgehead atoms. The minimum atomic E-state index is -1.08. The van der Waals surface area contributed by atoms with E-state index in [0.29, 0.717) is 0 Å². The van der Waals surface area contributed by atoms with Gasteiger partial charge in [0.15, 0.2) is 5.76 Å². The maximum atomic E-state index is 11.9. The fourth-order valence-electron chi connectivity index (χ4n) is 1.81. The van der Waals surface area contributed by atoms with E-state index in [-0.39, 0.29) is 17.2 Å². The van der Waals surface area contributed by atoms with Crippen molar-refractivity contribution >= 4 is 11.9 Å². The fraction of sp³-hybridized carbons (Fsp3) is 0.455. The van der Waals surface area contributed by atoms with Crippen LogP contribution in [0.1, 0.15) is 40.2 Å². The summed E-state index contributed by atoms with van der Waals surface area (Å²) in [6.45, 7) is 1.45. The summed E-state index contributed by atoms with van der Waals surface area (Å²) in [5.74, 6) is -1.19. The molecule has 2 rings (SSSR count). The second kappa shape index (κ2) is 4.38. The highest BCUT2D eigenvalue weighted by molar-refractivity contribution is 5.95. The number of hydrogen-bond donors (Lipinski definition) is 1. The lowest BCUT2D eigenvalue weighted by Gasteiger charge is -2.25. The molecule has 0 aromatic carbocycles. The second-order valence-electron chi connectivity index (χ2n) is 3.86. The molecule has 5 nitrogen and oxygen atoms in total. The van der Waals surface area contributed by atoms with Crippen LogP contribution in [0.15, 0.2) is 16.7 Å². The zero-order chi connectivity index (χ0) is 11.5. The van der Waals surface area contributed by atoms with E-state index < -0.39 is 5.97 Å². The topological polar surface area (TPSA) is 70.7 Å². The smallest absolute Gasteiger partial charge is 0.338 e. The van der Waals surface area contributed by atoms with Gasteiger partial charge in [0.1, 0.15) is 6.26 Å². The molecule has 1 aliphatic rings. The molecule has 1 amide bonds. The molecule has 0 radical (unpaired) electrons. The van der Waals surface area contributed by atoms with E-state index in [1.807, 2.05) is 0 Å². The van der Waals surface area contributed by atoms with Gasteiger partial charge in [0.25, 0.3) is 5.91 Å². The van der Waals surface area contributed by atoms with Gasteiger partial charge in [0, 0.05) is 19.2 Å². The first-order valence-electron chi connectivity index (χ1n) is 5.29. The van der Waals surface area contributed by atoms with Crippen molar-refractivity contribution in [2.75, 3.05) is 13.1 Å². The quantitative estimate of drug-likeness (QED) is 0.826. The molecule has 16 heavy (non-hydrogen) atoms. The Labute approximate surface area is 92.7 Å². The summed E-state index contributed by atoms with van der Waals surface area (Å²) in [7, 11) is 0. The molecule has 2 heterocycles. The van der Waals surface area contributed by atoms with Crippen molar-refractivity contribution in [3.8, 4) is 0 Å². The lowest BCUT2D eigenvalue weighted by molar-refractivity contribution is 0.0685. The van der Waals surface area contributed by atoms with Crippen LogP contribution in [-0.2, 0) is 0 Å². The highest BCUT2D eigenvalue weighted by atomic mass is 16.4. The van der Waals surface area contributed by atoms with Crippen molar-refractivity contribution in [3.63, 3.8) is 0 Å². The molecule has 1 aromatic heterocycles. The Morgan fingerprint density at radius 1 is 1.25 bits per heavy atom. The summed E-state index contributed by atoms with van der Waals surface area (Å²) in [6, 6.07) is 1.28. The molecule has 1 aromatic rings. The number of nitrogens with zero attached hydrogens (tertiary/aromatic N) is 1. The van der Waals surface area contributed by atoms with Crippen molar-refractivity contribution in [1.82, 2.24) is 4.90 Å². The van der Waals surface area contributed by atoms with Crippen LogP contribution in [0.2, 0.25) is 0 Å². The van der Waals surface area contributed by atoms with E-state index in [0.717, 1.165) is 38.6 Å². The summed E-state index contributed by atoms with van der Waals surface area (Å²) in [4.78, 5) is 24.2. The molecule has 1 saturated heterocycles. The van der Waals surface area contributed by atoms with Crippen molar-refractivity contribution in [3.05, 3.63) is 23.7 Å². The number of carboxylic acid groups (broad SMARTS) is 1.